The molecule has 1 aromatic carbocycles. The van der Waals surface area contributed by atoms with E-state index in [0.717, 1.165) is 12.8 Å². The first-order valence-electron chi connectivity index (χ1n) is 7.26. The van der Waals surface area contributed by atoms with Crippen LogP contribution in [0.3, 0.4) is 0 Å². The Bertz CT molecular complexity index is 494. The molecule has 0 heterocycles. The lowest BCUT2D eigenvalue weighted by molar-refractivity contribution is -0.139. The molecule has 0 aromatic heterocycles. The number of amides is 1. The predicted molar refractivity (Wildman–Crippen MR) is 78.1 cm³/mol. The number of carboxylic acid groups (broad SMARTS) is 1. The smallest absolute Gasteiger partial charge is 0.305 e. The maximum absolute atomic E-state index is 12.3. The highest BCUT2D eigenvalue weighted by molar-refractivity contribution is 5.82. The van der Waals surface area contributed by atoms with E-state index in [1.165, 1.54) is 0 Å². The highest BCUT2D eigenvalue weighted by Crippen LogP contribution is 2.32. The van der Waals surface area contributed by atoms with Gasteiger partial charge in [0.25, 0.3) is 5.91 Å². The van der Waals surface area contributed by atoms with Crippen LogP contribution in [0.2, 0.25) is 0 Å². The maximum atomic E-state index is 12.3. The maximum Gasteiger partial charge on any atom is 0.305 e. The number of carboxylic acids is 1. The molecule has 1 aromatic rings. The van der Waals surface area contributed by atoms with Crippen LogP contribution in [0.5, 0.6) is 5.75 Å². The molecule has 0 spiro atoms. The average Bonchev–Trinajstić information content (AvgIpc) is 2.87. The Morgan fingerprint density at radius 3 is 2.48 bits per heavy atom. The van der Waals surface area contributed by atoms with Crippen molar-refractivity contribution in [3.8, 4) is 5.75 Å². The van der Waals surface area contributed by atoms with Crippen LogP contribution in [0.4, 0.5) is 0 Å². The summed E-state index contributed by atoms with van der Waals surface area (Å²) in [6.45, 7) is 1.67. The van der Waals surface area contributed by atoms with E-state index in [-0.39, 0.29) is 12.3 Å². The van der Waals surface area contributed by atoms with Gasteiger partial charge in [0.15, 0.2) is 6.10 Å². The summed E-state index contributed by atoms with van der Waals surface area (Å²) in [6.07, 6.45) is 2.63. The van der Waals surface area contributed by atoms with Gasteiger partial charge in [0.1, 0.15) is 5.75 Å². The van der Waals surface area contributed by atoms with E-state index in [9.17, 15) is 9.59 Å². The molecule has 1 saturated carbocycles. The summed E-state index contributed by atoms with van der Waals surface area (Å²) in [5.74, 6) is -0.519. The lowest BCUT2D eigenvalue weighted by Gasteiger charge is -2.30. The number of carbonyl (C=O) groups is 2. The lowest BCUT2D eigenvalue weighted by atomic mass is 9.93. The van der Waals surface area contributed by atoms with Crippen LogP contribution in [-0.4, -0.2) is 28.6 Å². The third kappa shape index (κ3) is 4.21. The first-order valence-corrected chi connectivity index (χ1v) is 7.26. The van der Waals surface area contributed by atoms with Gasteiger partial charge < -0.3 is 15.2 Å². The number of aliphatic carboxylic acids is 1. The minimum atomic E-state index is -0.881. The second-order valence-corrected chi connectivity index (χ2v) is 5.62. The van der Waals surface area contributed by atoms with Crippen LogP contribution in [0.25, 0.3) is 0 Å². The van der Waals surface area contributed by atoms with Gasteiger partial charge in [-0.1, -0.05) is 31.0 Å². The van der Waals surface area contributed by atoms with Gasteiger partial charge in [-0.2, -0.15) is 0 Å². The first-order chi connectivity index (χ1) is 10.0. The van der Waals surface area contributed by atoms with E-state index in [4.69, 9.17) is 9.84 Å². The van der Waals surface area contributed by atoms with E-state index in [2.05, 4.69) is 5.32 Å². The Morgan fingerprint density at radius 1 is 1.29 bits per heavy atom. The monoisotopic (exact) mass is 291 g/mol. The lowest BCUT2D eigenvalue weighted by Crippen LogP contribution is -2.51. The number of nitrogens with one attached hydrogen (secondary N) is 1. The van der Waals surface area contributed by atoms with Crippen molar-refractivity contribution in [1.29, 1.82) is 0 Å². The zero-order valence-corrected chi connectivity index (χ0v) is 12.2. The second kappa shape index (κ2) is 6.61. The first kappa shape index (κ1) is 15.4. The Balaban J connectivity index is 1.97. The molecule has 21 heavy (non-hydrogen) atoms. The molecule has 2 rings (SSSR count). The summed E-state index contributed by atoms with van der Waals surface area (Å²) in [4.78, 5) is 23.3. The fourth-order valence-electron chi connectivity index (χ4n) is 2.81. The molecule has 0 radical (unpaired) electrons. The molecule has 1 amide bonds. The molecule has 114 valence electrons. The van der Waals surface area contributed by atoms with Gasteiger partial charge in [0.2, 0.25) is 0 Å². The van der Waals surface area contributed by atoms with Gasteiger partial charge in [0.05, 0.1) is 12.0 Å². The van der Waals surface area contributed by atoms with Crippen molar-refractivity contribution in [2.75, 3.05) is 0 Å². The summed E-state index contributed by atoms with van der Waals surface area (Å²) in [5.41, 5.74) is -0.614. The summed E-state index contributed by atoms with van der Waals surface area (Å²) in [6, 6.07) is 9.11. The van der Waals surface area contributed by atoms with Gasteiger partial charge in [-0.3, -0.25) is 9.59 Å². The van der Waals surface area contributed by atoms with Gasteiger partial charge in [-0.15, -0.1) is 0 Å². The largest absolute Gasteiger partial charge is 0.481 e. The Kier molecular flexibility index (Phi) is 4.83. The van der Waals surface area contributed by atoms with E-state index in [1.54, 1.807) is 19.1 Å². The molecule has 0 aliphatic heterocycles. The molecular formula is C16H21NO4. The van der Waals surface area contributed by atoms with Crippen LogP contribution >= 0.6 is 0 Å². The van der Waals surface area contributed by atoms with Crippen LogP contribution in [-0.2, 0) is 9.59 Å². The standard InChI is InChI=1S/C16H21NO4/c1-12(21-13-7-3-2-4-8-13)15(20)17-16(11-14(18)19)9-5-6-10-16/h2-4,7-8,12H,5-6,9-11H2,1H3,(H,17,20)(H,18,19). The van der Waals surface area contributed by atoms with Crippen molar-refractivity contribution >= 4 is 11.9 Å². The van der Waals surface area contributed by atoms with Crippen LogP contribution in [0.15, 0.2) is 30.3 Å². The van der Waals surface area contributed by atoms with E-state index in [0.29, 0.717) is 18.6 Å². The Labute approximate surface area is 124 Å². The van der Waals surface area contributed by atoms with Crippen LogP contribution in [0.1, 0.15) is 39.0 Å². The van der Waals surface area contributed by atoms with E-state index < -0.39 is 17.6 Å². The number of hydrogen-bond donors (Lipinski definition) is 2. The second-order valence-electron chi connectivity index (χ2n) is 5.62. The third-order valence-corrected chi connectivity index (χ3v) is 3.86. The molecule has 1 unspecified atom stereocenters. The van der Waals surface area contributed by atoms with Crippen molar-refractivity contribution in [3.63, 3.8) is 0 Å². The zero-order valence-electron chi connectivity index (χ0n) is 12.2. The molecule has 2 N–H and O–H groups in total. The molecule has 0 bridgehead atoms. The zero-order chi connectivity index (χ0) is 15.3. The molecule has 1 atom stereocenters. The van der Waals surface area contributed by atoms with Crippen molar-refractivity contribution in [3.05, 3.63) is 30.3 Å². The normalized spacial score (nSPS) is 18.0. The fraction of sp³-hybridized carbons (Fsp3) is 0.500. The van der Waals surface area contributed by atoms with Crippen LogP contribution in [0, 0.1) is 0 Å². The summed E-state index contributed by atoms with van der Waals surface area (Å²) in [7, 11) is 0. The molecular weight excluding hydrogens is 270 g/mol. The van der Waals surface area contributed by atoms with Crippen molar-refractivity contribution in [1.82, 2.24) is 5.32 Å². The number of rotatable bonds is 6. The molecule has 0 saturated heterocycles. The van der Waals surface area contributed by atoms with Gasteiger partial charge in [-0.25, -0.2) is 0 Å². The van der Waals surface area contributed by atoms with Gasteiger partial charge >= 0.3 is 5.97 Å². The van der Waals surface area contributed by atoms with Crippen LogP contribution < -0.4 is 10.1 Å². The molecule has 1 aliphatic carbocycles. The molecule has 1 fully saturated rings. The number of para-hydroxylation sites is 1. The van der Waals surface area contributed by atoms with Crippen molar-refractivity contribution < 1.29 is 19.4 Å². The quantitative estimate of drug-likeness (QED) is 0.843. The minimum Gasteiger partial charge on any atom is -0.481 e. The number of carbonyl (C=O) groups excluding carboxylic acids is 1. The number of hydrogen-bond acceptors (Lipinski definition) is 3. The SMILES string of the molecule is CC(Oc1ccccc1)C(=O)NC1(CC(=O)O)CCCC1. The molecule has 1 aliphatic rings. The third-order valence-electron chi connectivity index (χ3n) is 3.86. The van der Waals surface area contributed by atoms with Gasteiger partial charge in [-0.05, 0) is 31.9 Å². The van der Waals surface area contributed by atoms with E-state index in [1.807, 2.05) is 18.2 Å². The molecule has 5 nitrogen and oxygen atoms in total. The van der Waals surface area contributed by atoms with E-state index >= 15 is 0 Å². The summed E-state index contributed by atoms with van der Waals surface area (Å²) < 4.78 is 5.58. The Hall–Kier alpha value is -2.04. The van der Waals surface area contributed by atoms with Gasteiger partial charge in [0, 0.05) is 0 Å². The number of benzene rings is 1. The van der Waals surface area contributed by atoms with Crippen molar-refractivity contribution in [2.45, 2.75) is 50.7 Å². The topological polar surface area (TPSA) is 75.6 Å². The average molecular weight is 291 g/mol. The molecule has 5 heteroatoms. The minimum absolute atomic E-state index is 0.0310. The highest BCUT2D eigenvalue weighted by Gasteiger charge is 2.38. The fourth-order valence-corrected chi connectivity index (χ4v) is 2.81. The Morgan fingerprint density at radius 2 is 1.90 bits per heavy atom. The number of ether oxygens (including phenoxy) is 1. The summed E-state index contributed by atoms with van der Waals surface area (Å²) in [5, 5.41) is 11.9. The summed E-state index contributed by atoms with van der Waals surface area (Å²) >= 11 is 0. The van der Waals surface area contributed by atoms with Crippen molar-refractivity contribution in [2.24, 2.45) is 0 Å². The highest BCUT2D eigenvalue weighted by atomic mass is 16.5. The predicted octanol–water partition coefficient (Wildman–Crippen LogP) is 2.36.